The number of aromatic nitrogens is 5. The molecular weight excluding hydrogens is 298 g/mol. The summed E-state index contributed by atoms with van der Waals surface area (Å²) in [6.45, 7) is 0. The fourth-order valence-corrected chi connectivity index (χ4v) is 2.24. The maximum atomic E-state index is 12.2. The molecule has 0 aromatic carbocycles. The molecule has 0 atom stereocenters. The second-order valence-corrected chi connectivity index (χ2v) is 5.03. The van der Waals surface area contributed by atoms with Crippen LogP contribution < -0.4 is 16.7 Å². The van der Waals surface area contributed by atoms with Gasteiger partial charge in [0.25, 0.3) is 5.56 Å². The molecule has 0 unspecified atom stereocenters. The number of imidazole rings is 1. The molecule has 118 valence electrons. The summed E-state index contributed by atoms with van der Waals surface area (Å²) in [5.41, 5.74) is 3.40. The fraction of sp³-hybridized carbons (Fsp3) is 0.214. The number of aryl methyl sites for hydroxylation is 2. The Kier molecular flexibility index (Phi) is 3.53. The van der Waals surface area contributed by atoms with E-state index in [9.17, 15) is 9.59 Å². The summed E-state index contributed by atoms with van der Waals surface area (Å²) < 4.78 is 3.94. The van der Waals surface area contributed by atoms with Crippen molar-refractivity contribution in [3.63, 3.8) is 0 Å². The lowest BCUT2D eigenvalue weighted by Crippen LogP contribution is -2.37. The number of nitrogens with one attached hydrogen (secondary N) is 1. The van der Waals surface area contributed by atoms with Gasteiger partial charge in [-0.3, -0.25) is 18.9 Å². The van der Waals surface area contributed by atoms with E-state index in [2.05, 4.69) is 20.5 Å². The number of hydrogen-bond acceptors (Lipinski definition) is 6. The highest BCUT2D eigenvalue weighted by molar-refractivity contribution is 5.80. The highest BCUT2D eigenvalue weighted by Crippen LogP contribution is 2.12. The molecule has 9 heteroatoms. The number of nitrogens with zero attached hydrogens (tertiary/aromatic N) is 6. The number of hydrogen-bond donors (Lipinski definition) is 1. The monoisotopic (exact) mass is 313 g/mol. The van der Waals surface area contributed by atoms with Gasteiger partial charge in [0.1, 0.15) is 0 Å². The number of pyridine rings is 1. The molecule has 3 aromatic heterocycles. The van der Waals surface area contributed by atoms with Gasteiger partial charge in [-0.15, -0.1) is 0 Å². The number of fused-ring (bicyclic) bond motifs is 1. The number of rotatable bonds is 3. The molecule has 9 nitrogen and oxygen atoms in total. The van der Waals surface area contributed by atoms with Crippen molar-refractivity contribution < 1.29 is 0 Å². The van der Waals surface area contributed by atoms with Gasteiger partial charge in [0.15, 0.2) is 11.2 Å². The third kappa shape index (κ3) is 2.41. The van der Waals surface area contributed by atoms with Crippen LogP contribution in [0.4, 0.5) is 5.95 Å². The lowest BCUT2D eigenvalue weighted by molar-refractivity contribution is 0.705. The third-order valence-corrected chi connectivity index (χ3v) is 3.54. The van der Waals surface area contributed by atoms with Gasteiger partial charge >= 0.3 is 5.69 Å². The van der Waals surface area contributed by atoms with E-state index >= 15 is 0 Å². The van der Waals surface area contributed by atoms with Gasteiger partial charge in [-0.05, 0) is 6.07 Å². The predicted molar refractivity (Wildman–Crippen MR) is 86.6 cm³/mol. The van der Waals surface area contributed by atoms with Crippen molar-refractivity contribution in [2.45, 2.75) is 0 Å². The summed E-state index contributed by atoms with van der Waals surface area (Å²) in [5.74, 6) is 0.360. The van der Waals surface area contributed by atoms with E-state index in [1.807, 2.05) is 6.07 Å². The van der Waals surface area contributed by atoms with Crippen LogP contribution in [-0.2, 0) is 21.1 Å². The first-order chi connectivity index (χ1) is 11.0. The molecule has 0 radical (unpaired) electrons. The average molecular weight is 313 g/mol. The summed E-state index contributed by atoms with van der Waals surface area (Å²) in [4.78, 5) is 32.4. The average Bonchev–Trinajstić information content (AvgIpc) is 2.89. The van der Waals surface area contributed by atoms with Crippen LogP contribution in [0, 0.1) is 0 Å². The Labute approximate surface area is 130 Å². The first-order valence-corrected chi connectivity index (χ1v) is 6.82. The molecule has 0 saturated heterocycles. The van der Waals surface area contributed by atoms with Gasteiger partial charge in [-0.2, -0.15) is 10.1 Å². The van der Waals surface area contributed by atoms with Crippen LogP contribution in [-0.4, -0.2) is 29.9 Å². The molecule has 0 amide bonds. The van der Waals surface area contributed by atoms with E-state index < -0.39 is 11.2 Å². The number of hydrazone groups is 1. The summed E-state index contributed by atoms with van der Waals surface area (Å²) in [6.07, 6.45) is 4.93. The van der Waals surface area contributed by atoms with Crippen LogP contribution in [0.15, 0.2) is 39.2 Å². The van der Waals surface area contributed by atoms with E-state index in [4.69, 9.17) is 0 Å². The lowest BCUT2D eigenvalue weighted by Gasteiger charge is -2.03. The molecule has 3 rings (SSSR count). The molecule has 0 aliphatic carbocycles. The van der Waals surface area contributed by atoms with Crippen molar-refractivity contribution in [3.8, 4) is 0 Å². The van der Waals surface area contributed by atoms with Gasteiger partial charge < -0.3 is 4.57 Å². The van der Waals surface area contributed by atoms with Crippen molar-refractivity contribution >= 4 is 23.3 Å². The zero-order valence-electron chi connectivity index (χ0n) is 12.9. The number of anilines is 1. The molecule has 0 aliphatic heterocycles. The van der Waals surface area contributed by atoms with Crippen LogP contribution >= 0.6 is 0 Å². The van der Waals surface area contributed by atoms with Gasteiger partial charge in [0, 0.05) is 39.1 Å². The molecule has 23 heavy (non-hydrogen) atoms. The first-order valence-electron chi connectivity index (χ1n) is 6.82. The second-order valence-electron chi connectivity index (χ2n) is 5.03. The van der Waals surface area contributed by atoms with Crippen LogP contribution in [0.25, 0.3) is 11.2 Å². The minimum atomic E-state index is -0.425. The quantitative estimate of drug-likeness (QED) is 0.534. The molecule has 3 aromatic rings. The zero-order valence-corrected chi connectivity index (χ0v) is 12.9. The van der Waals surface area contributed by atoms with E-state index in [0.29, 0.717) is 17.1 Å². The second kappa shape index (κ2) is 5.52. The summed E-state index contributed by atoms with van der Waals surface area (Å²) in [5, 5.41) is 4.08. The summed E-state index contributed by atoms with van der Waals surface area (Å²) >= 11 is 0. The van der Waals surface area contributed by atoms with Crippen molar-refractivity contribution in [1.29, 1.82) is 0 Å². The van der Waals surface area contributed by atoms with Gasteiger partial charge in [0.05, 0.1) is 6.21 Å². The molecule has 0 saturated carbocycles. The Morgan fingerprint density at radius 2 is 1.96 bits per heavy atom. The first kappa shape index (κ1) is 14.7. The molecule has 3 heterocycles. The normalized spacial score (nSPS) is 11.4. The van der Waals surface area contributed by atoms with Gasteiger partial charge in [-0.25, -0.2) is 10.2 Å². The molecule has 1 N–H and O–H groups in total. The lowest BCUT2D eigenvalue weighted by atomic mass is 10.3. The Morgan fingerprint density at radius 3 is 2.65 bits per heavy atom. The Morgan fingerprint density at radius 1 is 1.17 bits per heavy atom. The van der Waals surface area contributed by atoms with E-state index in [-0.39, 0.29) is 0 Å². The van der Waals surface area contributed by atoms with Crippen molar-refractivity contribution in [2.75, 3.05) is 5.43 Å². The highest BCUT2D eigenvalue weighted by atomic mass is 16.2. The van der Waals surface area contributed by atoms with Crippen LogP contribution in [0.1, 0.15) is 5.56 Å². The molecule has 0 fully saturated rings. The zero-order chi connectivity index (χ0) is 16.6. The summed E-state index contributed by atoms with van der Waals surface area (Å²) in [6, 6.07) is 3.66. The Bertz CT molecular complexity index is 1010. The minimum absolute atomic E-state index is 0.305. The largest absolute Gasteiger partial charge is 0.332 e. The van der Waals surface area contributed by atoms with E-state index in [1.54, 1.807) is 43.3 Å². The molecular formula is C14H15N7O2. The standard InChI is InChI=1S/C14H15N7O2/c1-19-10-11(20(2)14(23)21(3)12(10)22)17-13(19)18-16-8-9-5-4-6-15-7-9/h4-8H,1-3H3,(H,17,18)/b16-8+. The van der Waals surface area contributed by atoms with E-state index in [0.717, 1.165) is 10.1 Å². The smallest absolute Gasteiger partial charge is 0.306 e. The van der Waals surface area contributed by atoms with Crippen molar-refractivity contribution in [3.05, 3.63) is 50.9 Å². The van der Waals surface area contributed by atoms with E-state index in [1.165, 1.54) is 11.6 Å². The van der Waals surface area contributed by atoms with Gasteiger partial charge in [0.2, 0.25) is 5.95 Å². The maximum Gasteiger partial charge on any atom is 0.332 e. The Hall–Kier alpha value is -3.23. The SMILES string of the molecule is Cn1c(=O)c2c(nc(N/N=C/c3cccnc3)n2C)n(C)c1=O. The Balaban J connectivity index is 2.03. The topological polar surface area (TPSA) is 99.1 Å². The molecule has 0 aliphatic rings. The molecule has 0 spiro atoms. The van der Waals surface area contributed by atoms with Crippen LogP contribution in [0.5, 0.6) is 0 Å². The van der Waals surface area contributed by atoms with Crippen LogP contribution in [0.2, 0.25) is 0 Å². The third-order valence-electron chi connectivity index (χ3n) is 3.54. The molecule has 0 bridgehead atoms. The maximum absolute atomic E-state index is 12.2. The minimum Gasteiger partial charge on any atom is -0.306 e. The van der Waals surface area contributed by atoms with Crippen molar-refractivity contribution in [2.24, 2.45) is 26.2 Å². The predicted octanol–water partition coefficient (Wildman–Crippen LogP) is -0.188. The van der Waals surface area contributed by atoms with Gasteiger partial charge in [-0.1, -0.05) is 6.07 Å². The van der Waals surface area contributed by atoms with Crippen LogP contribution in [0.3, 0.4) is 0 Å². The van der Waals surface area contributed by atoms with Crippen molar-refractivity contribution in [1.82, 2.24) is 23.7 Å². The fourth-order valence-electron chi connectivity index (χ4n) is 2.24. The highest BCUT2D eigenvalue weighted by Gasteiger charge is 2.16. The summed E-state index contributed by atoms with van der Waals surface area (Å²) in [7, 11) is 4.69.